The Balaban J connectivity index is 1.61. The van der Waals surface area contributed by atoms with Gasteiger partial charge in [0.1, 0.15) is 17.5 Å². The van der Waals surface area contributed by atoms with Gasteiger partial charge in [-0.15, -0.1) is 0 Å². The van der Waals surface area contributed by atoms with Gasteiger partial charge in [0, 0.05) is 18.7 Å². The average molecular weight is 405 g/mol. The summed E-state index contributed by atoms with van der Waals surface area (Å²) in [6.45, 7) is 6.51. The van der Waals surface area contributed by atoms with Gasteiger partial charge in [-0.1, -0.05) is 18.2 Å². The predicted molar refractivity (Wildman–Crippen MR) is 115 cm³/mol. The molecule has 1 amide bonds. The molecular weight excluding hydrogens is 378 g/mol. The zero-order valence-electron chi connectivity index (χ0n) is 17.8. The molecule has 2 aromatic carbocycles. The molecule has 30 heavy (non-hydrogen) atoms. The van der Waals surface area contributed by atoms with E-state index < -0.39 is 6.10 Å². The number of ether oxygens (including phenoxy) is 2. The monoisotopic (exact) mass is 405 g/mol. The van der Waals surface area contributed by atoms with E-state index in [1.807, 2.05) is 61.2 Å². The summed E-state index contributed by atoms with van der Waals surface area (Å²) >= 11 is 0. The molecular formula is C24H27N3O3. The number of H-pyrrole nitrogens is 1. The molecule has 2 heterocycles. The largest absolute Gasteiger partial charge is 0.497 e. The minimum absolute atomic E-state index is 0.0531. The summed E-state index contributed by atoms with van der Waals surface area (Å²) in [7, 11) is 1.64. The predicted octanol–water partition coefficient (Wildman–Crippen LogP) is 3.98. The number of imidazole rings is 1. The first-order valence-corrected chi connectivity index (χ1v) is 10.2. The van der Waals surface area contributed by atoms with Gasteiger partial charge in [0.05, 0.1) is 19.1 Å². The third-order valence-corrected chi connectivity index (χ3v) is 5.78. The van der Waals surface area contributed by atoms with Crippen LogP contribution in [0.3, 0.4) is 0 Å². The van der Waals surface area contributed by atoms with Crippen LogP contribution in [-0.2, 0) is 11.2 Å². The number of aromatic amines is 1. The molecule has 2 atom stereocenters. The SMILES string of the molecule is COc1ccc([C@H]2c3nc[nH]c3CCN2C(=O)[C@@H](C)Oc2ccc(C)c(C)c2)cc1. The lowest BCUT2D eigenvalue weighted by atomic mass is 9.95. The van der Waals surface area contributed by atoms with E-state index in [0.29, 0.717) is 12.3 Å². The first-order valence-electron chi connectivity index (χ1n) is 10.2. The molecule has 0 radical (unpaired) electrons. The Hall–Kier alpha value is -3.28. The minimum atomic E-state index is -0.603. The Labute approximate surface area is 176 Å². The number of methoxy groups -OCH3 is 1. The number of aromatic nitrogens is 2. The van der Waals surface area contributed by atoms with Gasteiger partial charge >= 0.3 is 0 Å². The summed E-state index contributed by atoms with van der Waals surface area (Å²) in [5.74, 6) is 1.43. The van der Waals surface area contributed by atoms with Crippen molar-refractivity contribution in [3.8, 4) is 11.5 Å². The summed E-state index contributed by atoms with van der Waals surface area (Å²) in [5, 5.41) is 0. The molecule has 0 saturated carbocycles. The van der Waals surface area contributed by atoms with Crippen LogP contribution in [0.4, 0.5) is 0 Å². The van der Waals surface area contributed by atoms with Gasteiger partial charge in [0.25, 0.3) is 5.91 Å². The molecule has 0 spiro atoms. The highest BCUT2D eigenvalue weighted by Crippen LogP contribution is 2.34. The maximum atomic E-state index is 13.4. The Morgan fingerprint density at radius 3 is 2.57 bits per heavy atom. The number of hydrogen-bond acceptors (Lipinski definition) is 4. The number of nitrogens with zero attached hydrogens (tertiary/aromatic N) is 2. The van der Waals surface area contributed by atoms with Crippen LogP contribution in [0.1, 0.15) is 41.0 Å². The minimum Gasteiger partial charge on any atom is -0.497 e. The van der Waals surface area contributed by atoms with Gasteiger partial charge in [0.15, 0.2) is 6.10 Å². The Kier molecular flexibility index (Phi) is 5.48. The summed E-state index contributed by atoms with van der Waals surface area (Å²) in [5.41, 5.74) is 5.29. The van der Waals surface area contributed by atoms with E-state index in [2.05, 4.69) is 16.9 Å². The molecule has 6 heteroatoms. The highest BCUT2D eigenvalue weighted by atomic mass is 16.5. The maximum absolute atomic E-state index is 13.4. The molecule has 0 fully saturated rings. The van der Waals surface area contributed by atoms with Crippen molar-refractivity contribution in [1.82, 2.24) is 14.9 Å². The molecule has 0 saturated heterocycles. The lowest BCUT2D eigenvalue weighted by Gasteiger charge is -2.36. The van der Waals surface area contributed by atoms with Gasteiger partial charge < -0.3 is 19.4 Å². The van der Waals surface area contributed by atoms with Crippen molar-refractivity contribution in [3.63, 3.8) is 0 Å². The molecule has 1 aliphatic heterocycles. The number of hydrogen-bond donors (Lipinski definition) is 1. The number of nitrogens with one attached hydrogen (secondary N) is 1. The van der Waals surface area contributed by atoms with Crippen molar-refractivity contribution in [1.29, 1.82) is 0 Å². The van der Waals surface area contributed by atoms with E-state index in [4.69, 9.17) is 9.47 Å². The number of aryl methyl sites for hydroxylation is 2. The standard InChI is InChI=1S/C24H27N3O3/c1-15-5-8-20(13-16(15)2)30-17(3)24(28)27-12-11-21-22(26-14-25-21)23(27)18-6-9-19(29-4)10-7-18/h5-10,13-14,17,23H,11-12H2,1-4H3,(H,25,26)/t17-,23+/m1/s1. The highest BCUT2D eigenvalue weighted by molar-refractivity contribution is 5.82. The smallest absolute Gasteiger partial charge is 0.264 e. The fourth-order valence-electron chi connectivity index (χ4n) is 3.91. The molecule has 0 bridgehead atoms. The number of benzene rings is 2. The lowest BCUT2D eigenvalue weighted by molar-refractivity contribution is -0.140. The number of amides is 1. The van der Waals surface area contributed by atoms with Crippen LogP contribution in [0.5, 0.6) is 11.5 Å². The normalized spacial score (nSPS) is 16.7. The maximum Gasteiger partial charge on any atom is 0.264 e. The molecule has 156 valence electrons. The van der Waals surface area contributed by atoms with E-state index in [0.717, 1.165) is 34.7 Å². The van der Waals surface area contributed by atoms with Crippen LogP contribution < -0.4 is 9.47 Å². The zero-order valence-corrected chi connectivity index (χ0v) is 17.8. The van der Waals surface area contributed by atoms with E-state index in [1.165, 1.54) is 5.56 Å². The molecule has 0 unspecified atom stereocenters. The quantitative estimate of drug-likeness (QED) is 0.697. The third kappa shape index (κ3) is 3.77. The van der Waals surface area contributed by atoms with Crippen LogP contribution in [0, 0.1) is 13.8 Å². The van der Waals surface area contributed by atoms with E-state index in [9.17, 15) is 4.79 Å². The molecule has 1 aliphatic rings. The summed E-state index contributed by atoms with van der Waals surface area (Å²) < 4.78 is 11.3. The number of rotatable bonds is 5. The molecule has 3 aromatic rings. The second-order valence-electron chi connectivity index (χ2n) is 7.73. The first-order chi connectivity index (χ1) is 14.5. The molecule has 6 nitrogen and oxygen atoms in total. The van der Waals surface area contributed by atoms with Crippen molar-refractivity contribution in [3.05, 3.63) is 76.9 Å². The zero-order chi connectivity index (χ0) is 21.3. The second-order valence-corrected chi connectivity index (χ2v) is 7.73. The van der Waals surface area contributed by atoms with Crippen LogP contribution in [-0.4, -0.2) is 40.5 Å². The van der Waals surface area contributed by atoms with Crippen molar-refractivity contribution in [2.45, 2.75) is 39.3 Å². The van der Waals surface area contributed by atoms with Crippen LogP contribution >= 0.6 is 0 Å². The highest BCUT2D eigenvalue weighted by Gasteiger charge is 2.36. The molecule has 0 aliphatic carbocycles. The third-order valence-electron chi connectivity index (χ3n) is 5.78. The van der Waals surface area contributed by atoms with Crippen molar-refractivity contribution >= 4 is 5.91 Å². The Bertz CT molecular complexity index is 1040. The Morgan fingerprint density at radius 2 is 1.87 bits per heavy atom. The van der Waals surface area contributed by atoms with Crippen LogP contribution in [0.15, 0.2) is 48.8 Å². The van der Waals surface area contributed by atoms with Gasteiger partial charge in [0.2, 0.25) is 0 Å². The van der Waals surface area contributed by atoms with E-state index >= 15 is 0 Å². The summed E-state index contributed by atoms with van der Waals surface area (Å²) in [4.78, 5) is 23.1. The molecule has 1 aromatic heterocycles. The first kappa shape index (κ1) is 20.0. The second kappa shape index (κ2) is 8.22. The topological polar surface area (TPSA) is 67.5 Å². The van der Waals surface area contributed by atoms with E-state index in [1.54, 1.807) is 13.4 Å². The van der Waals surface area contributed by atoms with Gasteiger partial charge in [-0.05, 0) is 61.7 Å². The number of carbonyl (C=O) groups is 1. The number of carbonyl (C=O) groups excluding carboxylic acids is 1. The fraction of sp³-hybridized carbons (Fsp3) is 0.333. The average Bonchev–Trinajstić information content (AvgIpc) is 3.24. The van der Waals surface area contributed by atoms with Crippen molar-refractivity contribution in [2.24, 2.45) is 0 Å². The summed E-state index contributed by atoms with van der Waals surface area (Å²) in [6.07, 6.45) is 1.84. The molecule has 1 N–H and O–H groups in total. The van der Waals surface area contributed by atoms with Gasteiger partial charge in [-0.2, -0.15) is 0 Å². The van der Waals surface area contributed by atoms with Crippen LogP contribution in [0.25, 0.3) is 0 Å². The van der Waals surface area contributed by atoms with Crippen LogP contribution in [0.2, 0.25) is 0 Å². The molecule has 4 rings (SSSR count). The van der Waals surface area contributed by atoms with Crippen molar-refractivity contribution < 1.29 is 14.3 Å². The Morgan fingerprint density at radius 1 is 1.13 bits per heavy atom. The van der Waals surface area contributed by atoms with Gasteiger partial charge in [-0.25, -0.2) is 4.98 Å². The summed E-state index contributed by atoms with van der Waals surface area (Å²) in [6, 6.07) is 13.4. The fourth-order valence-corrected chi connectivity index (χ4v) is 3.91. The lowest BCUT2D eigenvalue weighted by Crippen LogP contribution is -2.46. The number of fused-ring (bicyclic) bond motifs is 1. The van der Waals surface area contributed by atoms with E-state index in [-0.39, 0.29) is 11.9 Å². The van der Waals surface area contributed by atoms with Crippen molar-refractivity contribution in [2.75, 3.05) is 13.7 Å². The van der Waals surface area contributed by atoms with Gasteiger partial charge in [-0.3, -0.25) is 4.79 Å².